The minimum absolute atomic E-state index is 0. The first-order valence-corrected chi connectivity index (χ1v) is 25.4. The zero-order valence-electron chi connectivity index (χ0n) is 49.2. The Morgan fingerprint density at radius 3 is 1.76 bits per heavy atom. The summed E-state index contributed by atoms with van der Waals surface area (Å²) in [6.07, 6.45) is 1.51. The van der Waals surface area contributed by atoms with E-state index in [1.807, 2.05) is 59.2 Å². The van der Waals surface area contributed by atoms with E-state index in [1.54, 1.807) is 18.2 Å². The van der Waals surface area contributed by atoms with Gasteiger partial charge in [0, 0.05) is 86.3 Å². The quantitative estimate of drug-likeness (QED) is 0.135. The number of rotatable bonds is 9. The van der Waals surface area contributed by atoms with Crippen molar-refractivity contribution in [2.24, 2.45) is 0 Å². The fourth-order valence-corrected chi connectivity index (χ4v) is 10.3. The molecule has 12 rings (SSSR count). The SMILES string of the molecule is [2H]C([2H])([2H])c1cccc(-c2cnc(-n3c4[c-]c(Oc5[c-]c(N6[CH-]N(c7c(-c8ccc(-c9ccc(C(C)(C)C)cc9)cc8)cccc7-c7ccc(C(C)(C)C)cc7)c7ccccc76)ccc5)ccc4c4ccccc43)cc2C([2H])([2H])[2H])c1.[Pt]. The van der Waals surface area contributed by atoms with Crippen LogP contribution < -0.4 is 14.5 Å². The number of ether oxygens (including phenoxy) is 1. The van der Waals surface area contributed by atoms with Gasteiger partial charge in [-0.1, -0.05) is 198 Å². The molecule has 378 valence electrons. The third kappa shape index (κ3) is 9.43. The van der Waals surface area contributed by atoms with Crippen LogP contribution in [0.3, 0.4) is 0 Å². The van der Waals surface area contributed by atoms with E-state index in [-0.39, 0.29) is 43.0 Å². The van der Waals surface area contributed by atoms with Gasteiger partial charge in [0.15, 0.2) is 0 Å². The molecule has 2 aromatic heterocycles. The van der Waals surface area contributed by atoms with E-state index in [9.17, 15) is 0 Å². The Morgan fingerprint density at radius 2 is 1.09 bits per heavy atom. The van der Waals surface area contributed by atoms with Gasteiger partial charge in [0.2, 0.25) is 0 Å². The van der Waals surface area contributed by atoms with Gasteiger partial charge in [0.1, 0.15) is 5.82 Å². The van der Waals surface area contributed by atoms with Crippen molar-refractivity contribution >= 4 is 44.6 Å². The Kier molecular flexibility index (Phi) is 11.4. The van der Waals surface area contributed by atoms with Crippen LogP contribution in [0.1, 0.15) is 72.0 Å². The van der Waals surface area contributed by atoms with Gasteiger partial charge in [-0.3, -0.25) is 0 Å². The van der Waals surface area contributed by atoms with Crippen LogP contribution >= 0.6 is 0 Å². The average Bonchev–Trinajstić information content (AvgIpc) is 3.52. The number of nitrogens with zero attached hydrogens (tertiary/aromatic N) is 4. The van der Waals surface area contributed by atoms with Crippen molar-refractivity contribution in [3.63, 3.8) is 0 Å². The first-order chi connectivity index (χ1) is 38.7. The molecule has 76 heavy (non-hydrogen) atoms. The average molecular weight is 1170 g/mol. The molecule has 3 heterocycles. The molecule has 0 saturated heterocycles. The second kappa shape index (κ2) is 19.9. The predicted molar refractivity (Wildman–Crippen MR) is 313 cm³/mol. The summed E-state index contributed by atoms with van der Waals surface area (Å²) in [5, 5.41) is 1.80. The number of hydrogen-bond donors (Lipinski definition) is 0. The monoisotopic (exact) mass is 1170 g/mol. The van der Waals surface area contributed by atoms with Gasteiger partial charge in [-0.25, -0.2) is 4.98 Å². The predicted octanol–water partition coefficient (Wildman–Crippen LogP) is 18.9. The molecule has 0 amide bonds. The Morgan fingerprint density at radius 1 is 0.500 bits per heavy atom. The van der Waals surface area contributed by atoms with Crippen molar-refractivity contribution in [2.75, 3.05) is 9.80 Å². The number of aromatic nitrogens is 2. The molecule has 5 nitrogen and oxygen atoms in total. The summed E-state index contributed by atoms with van der Waals surface area (Å²) in [5.74, 6) is 1.25. The van der Waals surface area contributed by atoms with Crippen LogP contribution in [0.4, 0.5) is 22.7 Å². The zero-order valence-corrected chi connectivity index (χ0v) is 45.5. The van der Waals surface area contributed by atoms with Crippen LogP contribution in [-0.4, -0.2) is 9.55 Å². The normalized spacial score (nSPS) is 14.0. The van der Waals surface area contributed by atoms with Gasteiger partial charge in [-0.15, -0.1) is 48.1 Å². The summed E-state index contributed by atoms with van der Waals surface area (Å²) in [7, 11) is 0. The van der Waals surface area contributed by atoms with E-state index in [1.165, 1.54) is 35.0 Å². The summed E-state index contributed by atoms with van der Waals surface area (Å²) >= 11 is 0. The molecule has 9 aromatic carbocycles. The van der Waals surface area contributed by atoms with Crippen molar-refractivity contribution in [1.82, 2.24) is 9.55 Å². The van der Waals surface area contributed by atoms with Gasteiger partial charge in [-0.05, 0) is 98.7 Å². The molecule has 0 atom stereocenters. The molecule has 0 fully saturated rings. The Balaban J connectivity index is 0.00000705. The van der Waals surface area contributed by atoms with E-state index in [4.69, 9.17) is 17.9 Å². The van der Waals surface area contributed by atoms with E-state index in [2.05, 4.69) is 185 Å². The summed E-state index contributed by atoms with van der Waals surface area (Å²) in [6.45, 7) is 10.7. The standard InChI is InChI=1S/C70H59N4O.Pt/c1-46-16-13-17-52(40-46)62-44-71-67(41-47(62)2)74-63-23-10-9-20-60(63)61-39-38-57(43-66(61)74)75-56-19-14-18-55(42-56)72-45-73(65-25-12-11-24-64(65)72)68-58(21-15-22-59(68)51-32-36-54(37-33-51)70(6,7)8)50-28-26-48(27-29-50)49-30-34-53(35-31-49)69(3,4)5;/h9-41,44-45H,1-8H3;/q-3;/i1D3,2D3;. The van der Waals surface area contributed by atoms with Crippen LogP contribution in [-0.2, 0) is 31.9 Å². The van der Waals surface area contributed by atoms with Crippen LogP contribution in [0.5, 0.6) is 11.5 Å². The third-order valence-corrected chi connectivity index (χ3v) is 14.3. The maximum absolute atomic E-state index is 8.63. The maximum atomic E-state index is 8.63. The van der Waals surface area contributed by atoms with E-state index >= 15 is 0 Å². The zero-order chi connectivity index (χ0) is 56.6. The molecule has 1 aliphatic rings. The van der Waals surface area contributed by atoms with Crippen LogP contribution in [0.2, 0.25) is 0 Å². The molecule has 0 N–H and O–H groups in total. The molecule has 0 unspecified atom stereocenters. The summed E-state index contributed by atoms with van der Waals surface area (Å²) in [4.78, 5) is 9.30. The smallest absolute Gasteiger partial charge is 0.135 e. The first kappa shape index (κ1) is 43.3. The van der Waals surface area contributed by atoms with Crippen LogP contribution in [0, 0.1) is 32.5 Å². The second-order valence-corrected chi connectivity index (χ2v) is 21.4. The number of benzene rings is 9. The van der Waals surface area contributed by atoms with Gasteiger partial charge in [0.25, 0.3) is 0 Å². The van der Waals surface area contributed by atoms with Gasteiger partial charge >= 0.3 is 0 Å². The van der Waals surface area contributed by atoms with Crippen LogP contribution in [0.25, 0.3) is 72.1 Å². The fraction of sp³-hybridized carbons (Fsp3) is 0.143. The maximum Gasteiger partial charge on any atom is 0.135 e. The minimum Gasteiger partial charge on any atom is -0.509 e. The molecule has 11 aromatic rings. The van der Waals surface area contributed by atoms with Crippen molar-refractivity contribution in [3.8, 4) is 61.8 Å². The Labute approximate surface area is 470 Å². The number of fused-ring (bicyclic) bond motifs is 4. The topological polar surface area (TPSA) is 33.5 Å². The van der Waals surface area contributed by atoms with Gasteiger partial charge in [-0.2, -0.15) is 12.1 Å². The molecule has 0 saturated carbocycles. The summed E-state index contributed by atoms with van der Waals surface area (Å²) in [5.41, 5.74) is 15.5. The molecule has 0 bridgehead atoms. The molecule has 0 radical (unpaired) electrons. The van der Waals surface area contributed by atoms with E-state index in [0.717, 1.165) is 66.9 Å². The number of para-hydroxylation sites is 4. The van der Waals surface area contributed by atoms with E-state index in [0.29, 0.717) is 34.0 Å². The molecular weight excluding hydrogens is 1110 g/mol. The van der Waals surface area contributed by atoms with E-state index < -0.39 is 13.7 Å². The van der Waals surface area contributed by atoms with Crippen molar-refractivity contribution in [2.45, 2.75) is 66.1 Å². The molecule has 6 heteroatoms. The van der Waals surface area contributed by atoms with Crippen molar-refractivity contribution in [3.05, 3.63) is 247 Å². The first-order valence-electron chi connectivity index (χ1n) is 28.4. The molecular formula is C70H59N4OPt-3. The molecule has 1 aliphatic heterocycles. The second-order valence-electron chi connectivity index (χ2n) is 21.4. The fourth-order valence-electron chi connectivity index (χ4n) is 10.3. The summed E-state index contributed by atoms with van der Waals surface area (Å²) < 4.78 is 58.4. The van der Waals surface area contributed by atoms with Crippen molar-refractivity contribution in [1.29, 1.82) is 0 Å². The Hall–Kier alpha value is -7.98. The number of aryl methyl sites for hydroxylation is 2. The van der Waals surface area contributed by atoms with Crippen molar-refractivity contribution < 1.29 is 34.0 Å². The third-order valence-electron chi connectivity index (χ3n) is 14.3. The minimum atomic E-state index is -2.55. The number of pyridine rings is 1. The molecule has 0 aliphatic carbocycles. The number of hydrogen-bond acceptors (Lipinski definition) is 4. The van der Waals surface area contributed by atoms with Crippen LogP contribution in [0.15, 0.2) is 206 Å². The van der Waals surface area contributed by atoms with Gasteiger partial charge in [0.05, 0.1) is 0 Å². The van der Waals surface area contributed by atoms with Gasteiger partial charge < -0.3 is 19.1 Å². The molecule has 0 spiro atoms. The largest absolute Gasteiger partial charge is 0.509 e. The summed E-state index contributed by atoms with van der Waals surface area (Å²) in [6, 6.07) is 74.4. The number of anilines is 4. The Bertz CT molecular complexity index is 4170.